The molecule has 0 spiro atoms. The van der Waals surface area contributed by atoms with Gasteiger partial charge in [0, 0.05) is 6.04 Å². The zero-order chi connectivity index (χ0) is 15.1. The summed E-state index contributed by atoms with van der Waals surface area (Å²) >= 11 is 0. The van der Waals surface area contributed by atoms with E-state index >= 15 is 0 Å². The van der Waals surface area contributed by atoms with Crippen LogP contribution in [0.15, 0.2) is 29.2 Å². The molecule has 0 saturated heterocycles. The Morgan fingerprint density at radius 1 is 1.05 bits per heavy atom. The van der Waals surface area contributed by atoms with E-state index in [9.17, 15) is 8.42 Å². The van der Waals surface area contributed by atoms with Crippen LogP contribution in [-0.2, 0) is 9.84 Å². The van der Waals surface area contributed by atoms with Gasteiger partial charge in [-0.2, -0.15) is 0 Å². The van der Waals surface area contributed by atoms with Crippen molar-refractivity contribution < 1.29 is 8.42 Å². The van der Waals surface area contributed by atoms with Gasteiger partial charge < -0.3 is 5.32 Å². The van der Waals surface area contributed by atoms with Crippen LogP contribution in [0.2, 0.25) is 0 Å². The third kappa shape index (κ3) is 4.73. The molecule has 2 rings (SSSR count). The molecule has 1 N–H and O–H groups in total. The van der Waals surface area contributed by atoms with Crippen molar-refractivity contribution in [2.24, 2.45) is 0 Å². The van der Waals surface area contributed by atoms with E-state index in [2.05, 4.69) is 5.32 Å². The van der Waals surface area contributed by atoms with E-state index in [4.69, 9.17) is 0 Å². The molecule has 0 aliphatic heterocycles. The lowest BCUT2D eigenvalue weighted by molar-refractivity contribution is 0.471. The Kier molecular flexibility index (Phi) is 6.09. The van der Waals surface area contributed by atoms with Crippen LogP contribution >= 0.6 is 0 Å². The molecule has 0 aromatic heterocycles. The Balaban J connectivity index is 2.15. The molecule has 0 unspecified atom stereocenters. The van der Waals surface area contributed by atoms with Gasteiger partial charge in [0.15, 0.2) is 9.84 Å². The van der Waals surface area contributed by atoms with Gasteiger partial charge in [0.25, 0.3) is 0 Å². The van der Waals surface area contributed by atoms with Gasteiger partial charge in [-0.15, -0.1) is 0 Å². The van der Waals surface area contributed by atoms with Crippen molar-refractivity contribution in [2.45, 2.75) is 69.2 Å². The summed E-state index contributed by atoms with van der Waals surface area (Å²) in [5.74, 6) is 0.219. The maximum Gasteiger partial charge on any atom is 0.180 e. The molecular formula is C17H27NO2S. The van der Waals surface area contributed by atoms with Crippen LogP contribution < -0.4 is 5.32 Å². The van der Waals surface area contributed by atoms with Crippen LogP contribution in [0.5, 0.6) is 0 Å². The first kappa shape index (κ1) is 16.3. The molecule has 0 bridgehead atoms. The lowest BCUT2D eigenvalue weighted by atomic mass is 9.96. The number of anilines is 1. The fourth-order valence-corrected chi connectivity index (χ4v) is 4.56. The van der Waals surface area contributed by atoms with Gasteiger partial charge in [-0.1, -0.05) is 51.2 Å². The smallest absolute Gasteiger partial charge is 0.180 e. The monoisotopic (exact) mass is 309 g/mol. The molecule has 21 heavy (non-hydrogen) atoms. The highest BCUT2D eigenvalue weighted by Gasteiger charge is 2.19. The molecule has 0 atom stereocenters. The van der Waals surface area contributed by atoms with E-state index in [0.29, 0.717) is 17.4 Å². The van der Waals surface area contributed by atoms with Gasteiger partial charge >= 0.3 is 0 Å². The average molecular weight is 309 g/mol. The SMILES string of the molecule is CCCS(=O)(=O)c1ccccc1NC1CCCCCCC1. The highest BCUT2D eigenvalue weighted by molar-refractivity contribution is 7.91. The minimum Gasteiger partial charge on any atom is -0.381 e. The maximum absolute atomic E-state index is 12.4. The van der Waals surface area contributed by atoms with E-state index in [1.54, 1.807) is 6.07 Å². The Morgan fingerprint density at radius 2 is 1.67 bits per heavy atom. The number of nitrogens with one attached hydrogen (secondary N) is 1. The van der Waals surface area contributed by atoms with Crippen LogP contribution in [-0.4, -0.2) is 20.2 Å². The summed E-state index contributed by atoms with van der Waals surface area (Å²) in [4.78, 5) is 0.467. The normalized spacial score (nSPS) is 18.0. The summed E-state index contributed by atoms with van der Waals surface area (Å²) in [5, 5.41) is 3.50. The van der Waals surface area contributed by atoms with Crippen LogP contribution in [0.1, 0.15) is 58.3 Å². The standard InChI is InChI=1S/C17H27NO2S/c1-2-14-21(19,20)17-13-9-8-12-16(17)18-15-10-6-4-3-5-7-11-15/h8-9,12-13,15,18H,2-7,10-11,14H2,1H3. The number of rotatable bonds is 5. The van der Waals surface area contributed by atoms with Gasteiger partial charge in [0.1, 0.15) is 0 Å². The molecule has 1 fully saturated rings. The predicted octanol–water partition coefficient (Wildman–Crippen LogP) is 4.40. The summed E-state index contributed by atoms with van der Waals surface area (Å²) in [5.41, 5.74) is 0.788. The number of para-hydroxylation sites is 1. The van der Waals surface area contributed by atoms with Crippen molar-refractivity contribution in [1.82, 2.24) is 0 Å². The number of benzene rings is 1. The summed E-state index contributed by atoms with van der Waals surface area (Å²) in [6, 6.07) is 7.77. The lowest BCUT2D eigenvalue weighted by Gasteiger charge is -2.23. The predicted molar refractivity (Wildman–Crippen MR) is 88.5 cm³/mol. The van der Waals surface area contributed by atoms with Crippen LogP contribution in [0, 0.1) is 0 Å². The summed E-state index contributed by atoms with van der Waals surface area (Å²) in [6.07, 6.45) is 9.35. The van der Waals surface area contributed by atoms with Gasteiger partial charge in [0.2, 0.25) is 0 Å². The van der Waals surface area contributed by atoms with Gasteiger partial charge in [-0.25, -0.2) is 8.42 Å². The Morgan fingerprint density at radius 3 is 2.33 bits per heavy atom. The van der Waals surface area contributed by atoms with Crippen LogP contribution in [0.3, 0.4) is 0 Å². The molecule has 3 nitrogen and oxygen atoms in total. The van der Waals surface area contributed by atoms with Crippen molar-refractivity contribution in [2.75, 3.05) is 11.1 Å². The zero-order valence-corrected chi connectivity index (χ0v) is 13.8. The molecule has 1 aromatic carbocycles. The second-order valence-corrected chi connectivity index (χ2v) is 8.08. The van der Waals surface area contributed by atoms with E-state index in [-0.39, 0.29) is 5.75 Å². The van der Waals surface area contributed by atoms with Crippen molar-refractivity contribution in [1.29, 1.82) is 0 Å². The third-order valence-corrected chi connectivity index (χ3v) is 6.13. The van der Waals surface area contributed by atoms with E-state index < -0.39 is 9.84 Å². The van der Waals surface area contributed by atoms with Gasteiger partial charge in [-0.05, 0) is 31.4 Å². The summed E-state index contributed by atoms with van der Waals surface area (Å²) < 4.78 is 24.8. The van der Waals surface area contributed by atoms with Gasteiger partial charge in [0.05, 0.1) is 16.3 Å². The first-order valence-electron chi connectivity index (χ1n) is 8.22. The molecule has 4 heteroatoms. The molecule has 1 aromatic rings. The summed E-state index contributed by atoms with van der Waals surface area (Å²) in [7, 11) is -3.17. The molecule has 118 valence electrons. The Bertz CT molecular complexity index is 531. The largest absolute Gasteiger partial charge is 0.381 e. The van der Waals surface area contributed by atoms with Crippen molar-refractivity contribution in [3.8, 4) is 0 Å². The molecule has 0 radical (unpaired) electrons. The average Bonchev–Trinajstić information content (AvgIpc) is 2.42. The fraction of sp³-hybridized carbons (Fsp3) is 0.647. The quantitative estimate of drug-likeness (QED) is 0.877. The lowest BCUT2D eigenvalue weighted by Crippen LogP contribution is -2.22. The number of sulfone groups is 1. The van der Waals surface area contributed by atoms with Crippen molar-refractivity contribution in [3.63, 3.8) is 0 Å². The van der Waals surface area contributed by atoms with Crippen LogP contribution in [0.25, 0.3) is 0 Å². The Hall–Kier alpha value is -1.03. The van der Waals surface area contributed by atoms with E-state index in [1.807, 2.05) is 25.1 Å². The molecular weight excluding hydrogens is 282 g/mol. The molecule has 1 saturated carbocycles. The van der Waals surface area contributed by atoms with Gasteiger partial charge in [-0.3, -0.25) is 0 Å². The highest BCUT2D eigenvalue weighted by atomic mass is 32.2. The Labute approximate surface area is 129 Å². The minimum absolute atomic E-state index is 0.219. The second-order valence-electron chi connectivity index (χ2n) is 6.00. The van der Waals surface area contributed by atoms with E-state index in [1.165, 1.54) is 32.1 Å². The highest BCUT2D eigenvalue weighted by Crippen LogP contribution is 2.26. The summed E-state index contributed by atoms with van der Waals surface area (Å²) in [6.45, 7) is 1.91. The van der Waals surface area contributed by atoms with Crippen LogP contribution in [0.4, 0.5) is 5.69 Å². The van der Waals surface area contributed by atoms with Crippen molar-refractivity contribution >= 4 is 15.5 Å². The van der Waals surface area contributed by atoms with E-state index in [0.717, 1.165) is 18.5 Å². The number of hydrogen-bond acceptors (Lipinski definition) is 3. The fourth-order valence-electron chi connectivity index (χ4n) is 3.06. The zero-order valence-electron chi connectivity index (χ0n) is 13.0. The first-order valence-corrected chi connectivity index (χ1v) is 9.87. The van der Waals surface area contributed by atoms with Crippen molar-refractivity contribution in [3.05, 3.63) is 24.3 Å². The minimum atomic E-state index is -3.17. The molecule has 1 aliphatic carbocycles. The number of hydrogen-bond donors (Lipinski definition) is 1. The molecule has 0 heterocycles. The first-order chi connectivity index (χ1) is 10.1. The molecule has 0 amide bonds. The second kappa shape index (κ2) is 7.83. The maximum atomic E-state index is 12.4. The molecule has 1 aliphatic rings. The third-order valence-electron chi connectivity index (χ3n) is 4.16. The topological polar surface area (TPSA) is 46.2 Å².